The summed E-state index contributed by atoms with van der Waals surface area (Å²) in [5, 5.41) is 5.85. The van der Waals surface area contributed by atoms with Gasteiger partial charge >= 0.3 is 0 Å². The molecule has 13 heavy (non-hydrogen) atoms. The molecule has 1 aromatic carbocycles. The first kappa shape index (κ1) is 6.60. The molecule has 2 aromatic heterocycles. The molecule has 0 atom stereocenters. The van der Waals surface area contributed by atoms with E-state index in [-0.39, 0.29) is 0 Å². The summed E-state index contributed by atoms with van der Waals surface area (Å²) in [5.41, 5.74) is 1.72. The summed E-state index contributed by atoms with van der Waals surface area (Å²) in [6.45, 7) is 0. The van der Waals surface area contributed by atoms with Gasteiger partial charge < -0.3 is 4.52 Å². The van der Waals surface area contributed by atoms with Crippen molar-refractivity contribution in [1.29, 1.82) is 0 Å². The molecule has 3 nitrogen and oxygen atoms in total. The van der Waals surface area contributed by atoms with E-state index in [9.17, 15) is 0 Å². The highest BCUT2D eigenvalue weighted by Crippen LogP contribution is 2.20. The quantitative estimate of drug-likeness (QED) is 0.520. The lowest BCUT2D eigenvalue weighted by Gasteiger charge is -1.93. The molecule has 0 aliphatic carbocycles. The second-order valence-electron chi connectivity index (χ2n) is 2.91. The Morgan fingerprint density at radius 1 is 1.15 bits per heavy atom. The minimum atomic E-state index is 0.784. The van der Waals surface area contributed by atoms with Crippen molar-refractivity contribution in [2.45, 2.75) is 0 Å². The van der Waals surface area contributed by atoms with Crippen LogP contribution in [0, 0.1) is 0 Å². The SMILES string of the molecule is c1cnc2cc3oncc3cc2c1. The number of benzene rings is 1. The van der Waals surface area contributed by atoms with Crippen molar-refractivity contribution in [2.24, 2.45) is 0 Å². The fourth-order valence-corrected chi connectivity index (χ4v) is 1.44. The summed E-state index contributed by atoms with van der Waals surface area (Å²) in [6.07, 6.45) is 3.48. The Labute approximate surface area is 74.0 Å². The highest BCUT2D eigenvalue weighted by atomic mass is 16.5. The van der Waals surface area contributed by atoms with Crippen LogP contribution in [0.5, 0.6) is 0 Å². The van der Waals surface area contributed by atoms with E-state index in [1.54, 1.807) is 12.4 Å². The van der Waals surface area contributed by atoms with E-state index < -0.39 is 0 Å². The van der Waals surface area contributed by atoms with Crippen molar-refractivity contribution in [3.8, 4) is 0 Å². The molecule has 0 saturated carbocycles. The molecule has 0 saturated heterocycles. The third-order valence-electron chi connectivity index (χ3n) is 2.08. The molecule has 0 radical (unpaired) electrons. The van der Waals surface area contributed by atoms with Gasteiger partial charge in [-0.05, 0) is 12.1 Å². The molecule has 0 aliphatic heterocycles. The van der Waals surface area contributed by atoms with Gasteiger partial charge in [-0.1, -0.05) is 11.2 Å². The maximum Gasteiger partial charge on any atom is 0.169 e. The number of nitrogens with zero attached hydrogens (tertiary/aromatic N) is 2. The third-order valence-corrected chi connectivity index (χ3v) is 2.08. The van der Waals surface area contributed by atoms with Gasteiger partial charge in [-0.2, -0.15) is 0 Å². The summed E-state index contributed by atoms with van der Waals surface area (Å²) >= 11 is 0. The molecular formula is C10H6N2O. The summed E-state index contributed by atoms with van der Waals surface area (Å²) < 4.78 is 5.04. The van der Waals surface area contributed by atoms with Crippen LogP contribution in [0.15, 0.2) is 41.2 Å². The summed E-state index contributed by atoms with van der Waals surface area (Å²) in [7, 11) is 0. The van der Waals surface area contributed by atoms with Crippen LogP contribution in [0.25, 0.3) is 21.9 Å². The topological polar surface area (TPSA) is 38.9 Å². The Balaban J connectivity index is 2.57. The lowest BCUT2D eigenvalue weighted by molar-refractivity contribution is 0.456. The van der Waals surface area contributed by atoms with E-state index in [0.717, 1.165) is 21.9 Å². The van der Waals surface area contributed by atoms with E-state index in [1.165, 1.54) is 0 Å². The second kappa shape index (κ2) is 2.29. The molecular weight excluding hydrogens is 164 g/mol. The first-order valence-corrected chi connectivity index (χ1v) is 4.03. The highest BCUT2D eigenvalue weighted by molar-refractivity contribution is 5.93. The van der Waals surface area contributed by atoms with Crippen LogP contribution in [0.1, 0.15) is 0 Å². The maximum atomic E-state index is 5.04. The van der Waals surface area contributed by atoms with Crippen molar-refractivity contribution in [3.63, 3.8) is 0 Å². The van der Waals surface area contributed by atoms with Crippen LogP contribution < -0.4 is 0 Å². The van der Waals surface area contributed by atoms with Crippen molar-refractivity contribution in [2.75, 3.05) is 0 Å². The monoisotopic (exact) mass is 170 g/mol. The summed E-state index contributed by atoms with van der Waals surface area (Å²) in [5.74, 6) is 0. The lowest BCUT2D eigenvalue weighted by atomic mass is 10.2. The Kier molecular flexibility index (Phi) is 1.16. The van der Waals surface area contributed by atoms with Crippen LogP contribution in [0.4, 0.5) is 0 Å². The Hall–Kier alpha value is -1.90. The van der Waals surface area contributed by atoms with Gasteiger partial charge in [0.2, 0.25) is 0 Å². The number of hydrogen-bond donors (Lipinski definition) is 0. The van der Waals surface area contributed by atoms with Crippen LogP contribution >= 0.6 is 0 Å². The standard InChI is InChI=1S/C10H6N2O/c1-2-7-4-8-6-12-13-10(8)5-9(7)11-3-1/h1-6H. The molecule has 3 aromatic rings. The number of hydrogen-bond acceptors (Lipinski definition) is 3. The average molecular weight is 170 g/mol. The maximum absolute atomic E-state index is 5.04. The van der Waals surface area contributed by atoms with Crippen molar-refractivity contribution in [3.05, 3.63) is 36.7 Å². The minimum Gasteiger partial charge on any atom is -0.356 e. The van der Waals surface area contributed by atoms with Gasteiger partial charge in [-0.15, -0.1) is 0 Å². The molecule has 0 bridgehead atoms. The Morgan fingerprint density at radius 3 is 3.15 bits per heavy atom. The fourth-order valence-electron chi connectivity index (χ4n) is 1.44. The van der Waals surface area contributed by atoms with Crippen LogP contribution in [-0.4, -0.2) is 10.1 Å². The number of fused-ring (bicyclic) bond motifs is 2. The molecule has 0 amide bonds. The second-order valence-corrected chi connectivity index (χ2v) is 2.91. The van der Waals surface area contributed by atoms with Gasteiger partial charge in [0.1, 0.15) is 0 Å². The Morgan fingerprint density at radius 2 is 2.15 bits per heavy atom. The fraction of sp³-hybridized carbons (Fsp3) is 0. The average Bonchev–Trinajstić information content (AvgIpc) is 2.61. The molecule has 0 N–H and O–H groups in total. The molecule has 0 spiro atoms. The normalized spacial score (nSPS) is 11.1. The van der Waals surface area contributed by atoms with E-state index >= 15 is 0 Å². The summed E-state index contributed by atoms with van der Waals surface area (Å²) in [6, 6.07) is 7.86. The largest absolute Gasteiger partial charge is 0.356 e. The van der Waals surface area contributed by atoms with Gasteiger partial charge in [0, 0.05) is 23.0 Å². The molecule has 3 rings (SSSR count). The van der Waals surface area contributed by atoms with Gasteiger partial charge in [-0.25, -0.2) is 0 Å². The number of pyridine rings is 1. The van der Waals surface area contributed by atoms with Crippen LogP contribution in [-0.2, 0) is 0 Å². The predicted molar refractivity (Wildman–Crippen MR) is 49.3 cm³/mol. The van der Waals surface area contributed by atoms with E-state index in [0.29, 0.717) is 0 Å². The minimum absolute atomic E-state index is 0.784. The Bertz CT molecular complexity index is 521. The van der Waals surface area contributed by atoms with Gasteiger partial charge in [0.25, 0.3) is 0 Å². The molecule has 3 heteroatoms. The molecule has 62 valence electrons. The zero-order chi connectivity index (χ0) is 8.67. The zero-order valence-corrected chi connectivity index (χ0v) is 6.77. The van der Waals surface area contributed by atoms with Crippen molar-refractivity contribution in [1.82, 2.24) is 10.1 Å². The van der Waals surface area contributed by atoms with E-state index in [2.05, 4.69) is 10.1 Å². The van der Waals surface area contributed by atoms with Gasteiger partial charge in [-0.3, -0.25) is 4.98 Å². The molecule has 0 aliphatic rings. The number of aromatic nitrogens is 2. The molecule has 0 fully saturated rings. The molecule has 2 heterocycles. The number of rotatable bonds is 0. The smallest absolute Gasteiger partial charge is 0.169 e. The van der Waals surface area contributed by atoms with Crippen molar-refractivity contribution >= 4 is 21.9 Å². The van der Waals surface area contributed by atoms with Gasteiger partial charge in [0.15, 0.2) is 5.58 Å². The van der Waals surface area contributed by atoms with E-state index in [1.807, 2.05) is 24.3 Å². The predicted octanol–water partition coefficient (Wildman–Crippen LogP) is 2.38. The summed E-state index contributed by atoms with van der Waals surface area (Å²) in [4.78, 5) is 4.22. The lowest BCUT2D eigenvalue weighted by Crippen LogP contribution is -1.75. The van der Waals surface area contributed by atoms with Gasteiger partial charge in [0.05, 0.1) is 11.7 Å². The van der Waals surface area contributed by atoms with Crippen LogP contribution in [0.2, 0.25) is 0 Å². The van der Waals surface area contributed by atoms with Crippen LogP contribution in [0.3, 0.4) is 0 Å². The highest BCUT2D eigenvalue weighted by Gasteiger charge is 2.00. The third kappa shape index (κ3) is 0.902. The van der Waals surface area contributed by atoms with Crippen molar-refractivity contribution < 1.29 is 4.52 Å². The first-order valence-electron chi connectivity index (χ1n) is 4.03. The first-order chi connectivity index (χ1) is 6.43. The van der Waals surface area contributed by atoms with E-state index in [4.69, 9.17) is 4.52 Å². The molecule has 0 unspecified atom stereocenters. The zero-order valence-electron chi connectivity index (χ0n) is 6.77.